The van der Waals surface area contributed by atoms with Gasteiger partial charge >= 0.3 is 0 Å². The van der Waals surface area contributed by atoms with E-state index in [0.29, 0.717) is 6.10 Å². The van der Waals surface area contributed by atoms with Crippen molar-refractivity contribution in [1.82, 2.24) is 0 Å². The zero-order valence-corrected chi connectivity index (χ0v) is 7.94. The number of rotatable bonds is 5. The molecule has 0 bridgehead atoms. The average molecular weight is 145 g/mol. The summed E-state index contributed by atoms with van der Waals surface area (Å²) < 4.78 is 5.26. The van der Waals surface area contributed by atoms with Crippen molar-refractivity contribution in [2.24, 2.45) is 0 Å². The molecule has 1 radical (unpaired) electrons. The summed E-state index contributed by atoms with van der Waals surface area (Å²) in [6, 6.07) is 0. The van der Waals surface area contributed by atoms with Crippen LogP contribution in [0.5, 0.6) is 0 Å². The Kier molecular flexibility index (Phi) is 6.42. The molecule has 0 aromatic heterocycles. The van der Waals surface area contributed by atoms with E-state index in [1.54, 1.807) is 10.5 Å². The standard InChI is InChI=1S/C7H17OSi/c1-3-5-7(8-9)6-4-2/h7H,3-6,9H2,1-2H3. The van der Waals surface area contributed by atoms with Crippen LogP contribution in [-0.2, 0) is 4.43 Å². The summed E-state index contributed by atoms with van der Waals surface area (Å²) in [6.07, 6.45) is 5.44. The third kappa shape index (κ3) is 4.67. The van der Waals surface area contributed by atoms with Gasteiger partial charge in [-0.25, -0.2) is 0 Å². The van der Waals surface area contributed by atoms with Crippen molar-refractivity contribution >= 4 is 10.5 Å². The van der Waals surface area contributed by atoms with Crippen LogP contribution < -0.4 is 0 Å². The van der Waals surface area contributed by atoms with Crippen molar-refractivity contribution in [1.29, 1.82) is 0 Å². The molecule has 55 valence electrons. The zero-order chi connectivity index (χ0) is 7.11. The largest absolute Gasteiger partial charge is 0.422 e. The summed E-state index contributed by atoms with van der Waals surface area (Å²) in [5.74, 6) is 0. The lowest BCUT2D eigenvalue weighted by molar-refractivity contribution is 0.196. The van der Waals surface area contributed by atoms with Crippen LogP contribution in [0.1, 0.15) is 39.5 Å². The first-order valence-corrected chi connectivity index (χ1v) is 4.33. The van der Waals surface area contributed by atoms with Crippen molar-refractivity contribution in [3.05, 3.63) is 0 Å². The first-order valence-electron chi connectivity index (χ1n) is 3.76. The molecule has 2 heteroatoms. The fourth-order valence-corrected chi connectivity index (χ4v) is 1.29. The van der Waals surface area contributed by atoms with Crippen LogP contribution in [0, 0.1) is 0 Å². The summed E-state index contributed by atoms with van der Waals surface area (Å²) in [4.78, 5) is 0. The molecule has 0 heterocycles. The topological polar surface area (TPSA) is 9.23 Å². The van der Waals surface area contributed by atoms with E-state index in [-0.39, 0.29) is 0 Å². The van der Waals surface area contributed by atoms with Gasteiger partial charge in [0.25, 0.3) is 0 Å². The van der Waals surface area contributed by atoms with E-state index in [0.717, 1.165) is 0 Å². The van der Waals surface area contributed by atoms with Crippen LogP contribution in [-0.4, -0.2) is 16.6 Å². The van der Waals surface area contributed by atoms with Crippen LogP contribution in [0.4, 0.5) is 0 Å². The first-order chi connectivity index (χ1) is 4.35. The minimum Gasteiger partial charge on any atom is -0.422 e. The van der Waals surface area contributed by atoms with Gasteiger partial charge in [-0.15, -0.1) is 0 Å². The molecule has 1 nitrogen and oxygen atoms in total. The Balaban J connectivity index is 3.18. The van der Waals surface area contributed by atoms with E-state index >= 15 is 0 Å². The highest BCUT2D eigenvalue weighted by Gasteiger charge is 2.01. The maximum atomic E-state index is 5.26. The summed E-state index contributed by atoms with van der Waals surface area (Å²) in [5, 5.41) is 0. The highest BCUT2D eigenvalue weighted by atomic mass is 28.2. The number of hydrogen-bond donors (Lipinski definition) is 0. The molecule has 0 aliphatic rings. The molecule has 0 fully saturated rings. The Morgan fingerprint density at radius 2 is 1.67 bits per heavy atom. The van der Waals surface area contributed by atoms with E-state index in [1.807, 2.05) is 0 Å². The van der Waals surface area contributed by atoms with Crippen LogP contribution in [0.3, 0.4) is 0 Å². The van der Waals surface area contributed by atoms with Gasteiger partial charge in [0, 0.05) is 6.10 Å². The molecular formula is C7H17OSi. The SMILES string of the molecule is CCCC(CCC)O[SiH2]. The lowest BCUT2D eigenvalue weighted by atomic mass is 10.1. The highest BCUT2D eigenvalue weighted by molar-refractivity contribution is 5.98. The van der Waals surface area contributed by atoms with Gasteiger partial charge in [-0.1, -0.05) is 26.7 Å². The van der Waals surface area contributed by atoms with E-state index in [9.17, 15) is 0 Å². The molecule has 0 aliphatic carbocycles. The molecule has 0 amide bonds. The fourth-order valence-electron chi connectivity index (χ4n) is 0.955. The lowest BCUT2D eigenvalue weighted by Gasteiger charge is -2.12. The molecular weight excluding hydrogens is 128 g/mol. The molecule has 0 atom stereocenters. The Morgan fingerprint density at radius 1 is 1.22 bits per heavy atom. The van der Waals surface area contributed by atoms with Crippen LogP contribution >= 0.6 is 0 Å². The minimum atomic E-state index is 0.526. The van der Waals surface area contributed by atoms with Crippen molar-refractivity contribution in [2.75, 3.05) is 0 Å². The van der Waals surface area contributed by atoms with Gasteiger partial charge in [0.15, 0.2) is 10.5 Å². The smallest absolute Gasteiger partial charge is 0.175 e. The van der Waals surface area contributed by atoms with Gasteiger partial charge in [0.05, 0.1) is 0 Å². The lowest BCUT2D eigenvalue weighted by Crippen LogP contribution is -2.09. The first kappa shape index (κ1) is 9.18. The molecule has 0 saturated heterocycles. The van der Waals surface area contributed by atoms with Crippen molar-refractivity contribution in [2.45, 2.75) is 45.6 Å². The van der Waals surface area contributed by atoms with Gasteiger partial charge in [0.2, 0.25) is 0 Å². The highest BCUT2D eigenvalue weighted by Crippen LogP contribution is 2.06. The van der Waals surface area contributed by atoms with E-state index in [1.165, 1.54) is 25.7 Å². The maximum Gasteiger partial charge on any atom is 0.175 e. The second-order valence-electron chi connectivity index (χ2n) is 2.37. The maximum absolute atomic E-state index is 5.26. The molecule has 0 rings (SSSR count). The van der Waals surface area contributed by atoms with Gasteiger partial charge in [-0.3, -0.25) is 0 Å². The molecule has 0 aliphatic heterocycles. The third-order valence-corrected chi connectivity index (χ3v) is 1.93. The second kappa shape index (κ2) is 6.30. The van der Waals surface area contributed by atoms with Crippen LogP contribution in [0.25, 0.3) is 0 Å². The Labute approximate surface area is 61.3 Å². The average Bonchev–Trinajstić information content (AvgIpc) is 1.88. The minimum absolute atomic E-state index is 0.526. The summed E-state index contributed by atoms with van der Waals surface area (Å²) in [7, 11) is 1.62. The Bertz CT molecular complexity index is 50.9. The van der Waals surface area contributed by atoms with Crippen molar-refractivity contribution < 1.29 is 4.43 Å². The quantitative estimate of drug-likeness (QED) is 0.533. The molecule has 0 aromatic carbocycles. The fraction of sp³-hybridized carbons (Fsp3) is 1.00. The second-order valence-corrected chi connectivity index (χ2v) is 2.70. The van der Waals surface area contributed by atoms with Crippen molar-refractivity contribution in [3.63, 3.8) is 0 Å². The van der Waals surface area contributed by atoms with Gasteiger partial charge < -0.3 is 4.43 Å². The molecule has 0 spiro atoms. The third-order valence-electron chi connectivity index (χ3n) is 1.46. The predicted octanol–water partition coefficient (Wildman–Crippen LogP) is 1.52. The molecule has 0 unspecified atom stereocenters. The van der Waals surface area contributed by atoms with Gasteiger partial charge in [-0.05, 0) is 12.8 Å². The normalized spacial score (nSPS) is 10.7. The monoisotopic (exact) mass is 145 g/mol. The predicted molar refractivity (Wildman–Crippen MR) is 43.2 cm³/mol. The van der Waals surface area contributed by atoms with E-state index < -0.39 is 0 Å². The van der Waals surface area contributed by atoms with E-state index in [4.69, 9.17) is 4.43 Å². The molecule has 0 aromatic rings. The van der Waals surface area contributed by atoms with E-state index in [2.05, 4.69) is 13.8 Å². The molecule has 0 N–H and O–H groups in total. The van der Waals surface area contributed by atoms with Crippen LogP contribution in [0.15, 0.2) is 0 Å². The van der Waals surface area contributed by atoms with Gasteiger partial charge in [0.1, 0.15) is 0 Å². The Morgan fingerprint density at radius 3 is 1.89 bits per heavy atom. The summed E-state index contributed by atoms with van der Waals surface area (Å²) in [6.45, 7) is 4.40. The van der Waals surface area contributed by atoms with Crippen LogP contribution in [0.2, 0.25) is 0 Å². The molecule has 9 heavy (non-hydrogen) atoms. The van der Waals surface area contributed by atoms with Crippen molar-refractivity contribution in [3.8, 4) is 0 Å². The summed E-state index contributed by atoms with van der Waals surface area (Å²) in [5.41, 5.74) is 0. The number of hydrogen-bond acceptors (Lipinski definition) is 1. The Hall–Kier alpha value is 0.177. The molecule has 0 saturated carbocycles. The van der Waals surface area contributed by atoms with Gasteiger partial charge in [-0.2, -0.15) is 0 Å². The zero-order valence-electron chi connectivity index (χ0n) is 6.52. The summed E-state index contributed by atoms with van der Waals surface area (Å²) >= 11 is 0.